The van der Waals surface area contributed by atoms with Gasteiger partial charge >= 0.3 is 0 Å². The topological polar surface area (TPSA) is 70.9 Å². The molecule has 2 heterocycles. The Morgan fingerprint density at radius 3 is 2.86 bits per heavy atom. The number of carbonyl (C=O) groups is 1. The summed E-state index contributed by atoms with van der Waals surface area (Å²) in [7, 11) is 0. The third-order valence-corrected chi connectivity index (χ3v) is 4.67. The van der Waals surface area contributed by atoms with Gasteiger partial charge in [0.25, 0.3) is 5.91 Å². The summed E-state index contributed by atoms with van der Waals surface area (Å²) in [6, 6.07) is 9.63. The van der Waals surface area contributed by atoms with Gasteiger partial charge in [-0.2, -0.15) is 0 Å². The number of nitrogen functional groups attached to an aromatic ring is 1. The van der Waals surface area contributed by atoms with Crippen molar-refractivity contribution in [3.63, 3.8) is 0 Å². The lowest BCUT2D eigenvalue weighted by Crippen LogP contribution is -2.25. The summed E-state index contributed by atoms with van der Waals surface area (Å²) in [4.78, 5) is 17.9. The van der Waals surface area contributed by atoms with Gasteiger partial charge in [0.05, 0.1) is 11.6 Å². The van der Waals surface area contributed by atoms with Crippen LogP contribution in [0.3, 0.4) is 0 Å². The molecule has 1 amide bonds. The van der Waals surface area contributed by atoms with E-state index < -0.39 is 0 Å². The number of nitrogens with two attached hydrogens (primary N) is 1. The van der Waals surface area contributed by atoms with Crippen LogP contribution in [-0.4, -0.2) is 10.9 Å². The van der Waals surface area contributed by atoms with Gasteiger partial charge in [-0.3, -0.25) is 4.79 Å². The zero-order valence-electron chi connectivity index (χ0n) is 11.9. The fraction of sp³-hybridized carbons (Fsp3) is 0.188. The number of amides is 1. The fourth-order valence-corrected chi connectivity index (χ4v) is 3.24. The van der Waals surface area contributed by atoms with E-state index in [0.29, 0.717) is 11.3 Å². The number of aryl methyl sites for hydroxylation is 1. The lowest BCUT2D eigenvalue weighted by molar-refractivity contribution is 0.0942. The molecule has 2 aromatic heterocycles. The van der Waals surface area contributed by atoms with Crippen LogP contribution in [0.4, 0.5) is 5.69 Å². The molecule has 4 N–H and O–H groups in total. The quantitative estimate of drug-likeness (QED) is 0.646. The van der Waals surface area contributed by atoms with Crippen LogP contribution in [-0.2, 0) is 0 Å². The number of rotatable bonds is 3. The van der Waals surface area contributed by atoms with E-state index in [4.69, 9.17) is 5.73 Å². The molecule has 0 spiro atoms. The van der Waals surface area contributed by atoms with Gasteiger partial charge in [0.1, 0.15) is 0 Å². The third-order valence-electron chi connectivity index (χ3n) is 3.49. The van der Waals surface area contributed by atoms with E-state index in [1.807, 2.05) is 25.1 Å². The molecule has 3 aromatic rings. The van der Waals surface area contributed by atoms with Crippen LogP contribution in [0.15, 0.2) is 36.5 Å². The third kappa shape index (κ3) is 2.64. The number of hydrogen-bond donors (Lipinski definition) is 3. The Bertz CT molecular complexity index is 803. The van der Waals surface area contributed by atoms with Crippen molar-refractivity contribution >= 4 is 33.8 Å². The summed E-state index contributed by atoms with van der Waals surface area (Å²) in [5, 5.41) is 3.88. The van der Waals surface area contributed by atoms with E-state index in [1.54, 1.807) is 17.5 Å². The number of benzene rings is 1. The molecule has 21 heavy (non-hydrogen) atoms. The molecule has 3 rings (SSSR count). The molecule has 0 aliphatic carbocycles. The van der Waals surface area contributed by atoms with Gasteiger partial charge in [-0.15, -0.1) is 11.3 Å². The van der Waals surface area contributed by atoms with Crippen LogP contribution < -0.4 is 11.1 Å². The highest BCUT2D eigenvalue weighted by atomic mass is 32.1. The minimum Gasteiger partial charge on any atom is -0.399 e. The van der Waals surface area contributed by atoms with E-state index in [0.717, 1.165) is 15.8 Å². The van der Waals surface area contributed by atoms with Gasteiger partial charge < -0.3 is 16.0 Å². The molecule has 0 bridgehead atoms. The van der Waals surface area contributed by atoms with Gasteiger partial charge in [-0.05, 0) is 44.2 Å². The Labute approximate surface area is 127 Å². The molecule has 1 atom stereocenters. The van der Waals surface area contributed by atoms with Gasteiger partial charge in [0, 0.05) is 32.5 Å². The van der Waals surface area contributed by atoms with Crippen LogP contribution in [0.5, 0.6) is 0 Å². The first-order valence-electron chi connectivity index (χ1n) is 6.78. The second-order valence-corrected chi connectivity index (χ2v) is 6.47. The van der Waals surface area contributed by atoms with Crippen LogP contribution in [0, 0.1) is 6.92 Å². The van der Waals surface area contributed by atoms with Crippen LogP contribution in [0.1, 0.15) is 33.1 Å². The molecular formula is C16H17N3OS. The first-order chi connectivity index (χ1) is 10.0. The molecule has 0 aliphatic rings. The van der Waals surface area contributed by atoms with Crippen molar-refractivity contribution in [3.8, 4) is 0 Å². The van der Waals surface area contributed by atoms with Gasteiger partial charge in [0.15, 0.2) is 0 Å². The lowest BCUT2D eigenvalue weighted by Gasteiger charge is -2.11. The molecule has 1 aromatic carbocycles. The standard InChI is InChI=1S/C16H17N3OS/c1-9-3-6-15(21-9)10(2)19-16(20)13-8-18-14-5-4-11(17)7-12(13)14/h3-8,10,18H,17H2,1-2H3,(H,19,20). The maximum Gasteiger partial charge on any atom is 0.253 e. The maximum atomic E-state index is 12.5. The number of aromatic nitrogens is 1. The fourth-order valence-electron chi connectivity index (χ4n) is 2.36. The zero-order valence-corrected chi connectivity index (χ0v) is 12.8. The number of nitrogens with one attached hydrogen (secondary N) is 2. The van der Waals surface area contributed by atoms with E-state index >= 15 is 0 Å². The number of hydrogen-bond acceptors (Lipinski definition) is 3. The van der Waals surface area contributed by atoms with Crippen LogP contribution in [0.25, 0.3) is 10.9 Å². The molecule has 108 valence electrons. The van der Waals surface area contributed by atoms with Gasteiger partial charge in [-0.25, -0.2) is 0 Å². The van der Waals surface area contributed by atoms with Gasteiger partial charge in [0.2, 0.25) is 0 Å². The number of carbonyl (C=O) groups excluding carboxylic acids is 1. The summed E-state index contributed by atoms with van der Waals surface area (Å²) < 4.78 is 0. The largest absolute Gasteiger partial charge is 0.399 e. The maximum absolute atomic E-state index is 12.5. The zero-order chi connectivity index (χ0) is 15.0. The smallest absolute Gasteiger partial charge is 0.253 e. The molecule has 0 saturated heterocycles. The summed E-state index contributed by atoms with van der Waals surface area (Å²) in [6.45, 7) is 4.05. The molecule has 0 aliphatic heterocycles. The number of thiophene rings is 1. The minimum absolute atomic E-state index is 0.0118. The molecule has 0 fully saturated rings. The van der Waals surface area contributed by atoms with Crippen LogP contribution >= 0.6 is 11.3 Å². The Morgan fingerprint density at radius 1 is 1.33 bits per heavy atom. The van der Waals surface area contributed by atoms with Gasteiger partial charge in [-0.1, -0.05) is 0 Å². The molecule has 5 heteroatoms. The summed E-state index contributed by atoms with van der Waals surface area (Å²) in [6.07, 6.45) is 1.73. The molecule has 1 unspecified atom stereocenters. The Balaban J connectivity index is 1.85. The number of H-pyrrole nitrogens is 1. The Kier molecular flexibility index (Phi) is 3.43. The SMILES string of the molecule is Cc1ccc(C(C)NC(=O)c2c[nH]c3ccc(N)cc23)s1. The summed E-state index contributed by atoms with van der Waals surface area (Å²) >= 11 is 1.70. The van der Waals surface area contributed by atoms with Crippen molar-refractivity contribution in [2.24, 2.45) is 0 Å². The molecule has 4 nitrogen and oxygen atoms in total. The van der Waals surface area contributed by atoms with Crippen molar-refractivity contribution < 1.29 is 4.79 Å². The average Bonchev–Trinajstić information content (AvgIpc) is 3.04. The molecular weight excluding hydrogens is 282 g/mol. The molecule has 0 saturated carbocycles. The number of anilines is 1. The van der Waals surface area contributed by atoms with Crippen molar-refractivity contribution in [1.82, 2.24) is 10.3 Å². The Morgan fingerprint density at radius 2 is 2.14 bits per heavy atom. The summed E-state index contributed by atoms with van der Waals surface area (Å²) in [5.41, 5.74) is 7.99. The predicted octanol–water partition coefficient (Wildman–Crippen LogP) is 3.61. The molecule has 0 radical (unpaired) electrons. The Hall–Kier alpha value is -2.27. The lowest BCUT2D eigenvalue weighted by atomic mass is 10.1. The van der Waals surface area contributed by atoms with E-state index in [-0.39, 0.29) is 11.9 Å². The minimum atomic E-state index is -0.0922. The first-order valence-corrected chi connectivity index (χ1v) is 7.60. The first kappa shape index (κ1) is 13.7. The number of fused-ring (bicyclic) bond motifs is 1. The van der Waals surface area contributed by atoms with Crippen molar-refractivity contribution in [2.45, 2.75) is 19.9 Å². The highest BCUT2D eigenvalue weighted by molar-refractivity contribution is 7.12. The van der Waals surface area contributed by atoms with Crippen molar-refractivity contribution in [1.29, 1.82) is 0 Å². The van der Waals surface area contributed by atoms with E-state index in [2.05, 4.69) is 29.4 Å². The van der Waals surface area contributed by atoms with E-state index in [9.17, 15) is 4.79 Å². The number of aromatic amines is 1. The van der Waals surface area contributed by atoms with Crippen LogP contribution in [0.2, 0.25) is 0 Å². The monoisotopic (exact) mass is 299 g/mol. The highest BCUT2D eigenvalue weighted by Crippen LogP contribution is 2.24. The highest BCUT2D eigenvalue weighted by Gasteiger charge is 2.16. The average molecular weight is 299 g/mol. The normalized spacial score (nSPS) is 12.5. The second-order valence-electron chi connectivity index (χ2n) is 5.15. The van der Waals surface area contributed by atoms with Crippen molar-refractivity contribution in [3.05, 3.63) is 51.8 Å². The van der Waals surface area contributed by atoms with Crippen molar-refractivity contribution in [2.75, 3.05) is 5.73 Å². The predicted molar refractivity (Wildman–Crippen MR) is 87.6 cm³/mol. The summed E-state index contributed by atoms with van der Waals surface area (Å²) in [5.74, 6) is -0.0922. The van der Waals surface area contributed by atoms with E-state index in [1.165, 1.54) is 4.88 Å². The second kappa shape index (κ2) is 5.26.